The van der Waals surface area contributed by atoms with Gasteiger partial charge in [0.1, 0.15) is 18.2 Å². The van der Waals surface area contributed by atoms with Crippen molar-refractivity contribution in [1.29, 1.82) is 0 Å². The van der Waals surface area contributed by atoms with Gasteiger partial charge in [-0.15, -0.1) is 0 Å². The highest BCUT2D eigenvalue weighted by molar-refractivity contribution is 6.31. The van der Waals surface area contributed by atoms with Crippen molar-refractivity contribution in [2.24, 2.45) is 0 Å². The van der Waals surface area contributed by atoms with E-state index in [4.69, 9.17) is 22.1 Å². The van der Waals surface area contributed by atoms with E-state index in [0.29, 0.717) is 17.0 Å². The third-order valence-corrected chi connectivity index (χ3v) is 3.16. The number of nitrogens with two attached hydrogens (primary N) is 1. The smallest absolute Gasteiger partial charge is 0.142 e. The van der Waals surface area contributed by atoms with E-state index >= 15 is 0 Å². The van der Waals surface area contributed by atoms with Crippen LogP contribution in [0, 0.1) is 12.7 Å². The number of halogens is 2. The van der Waals surface area contributed by atoms with E-state index in [1.807, 2.05) is 19.1 Å². The molecule has 2 rings (SSSR count). The molecule has 0 aliphatic heterocycles. The maximum absolute atomic E-state index is 13.2. The van der Waals surface area contributed by atoms with Crippen molar-refractivity contribution in [3.63, 3.8) is 0 Å². The van der Waals surface area contributed by atoms with Gasteiger partial charge in [-0.05, 0) is 25.1 Å². The minimum atomic E-state index is -0.443. The molecule has 2 aromatic carbocycles. The molecule has 0 saturated heterocycles. The second kappa shape index (κ2) is 5.27. The van der Waals surface area contributed by atoms with Crippen LogP contribution >= 0.6 is 11.6 Å². The second-order valence-electron chi connectivity index (χ2n) is 3.97. The summed E-state index contributed by atoms with van der Waals surface area (Å²) < 4.78 is 18.8. The van der Waals surface area contributed by atoms with Crippen molar-refractivity contribution in [3.8, 4) is 5.75 Å². The van der Waals surface area contributed by atoms with Crippen LogP contribution in [-0.2, 0) is 6.61 Å². The molecule has 0 heterocycles. The first-order chi connectivity index (χ1) is 8.59. The van der Waals surface area contributed by atoms with Gasteiger partial charge in [-0.2, -0.15) is 0 Å². The summed E-state index contributed by atoms with van der Waals surface area (Å²) in [5.41, 5.74) is 7.92. The highest BCUT2D eigenvalue weighted by atomic mass is 35.5. The standard InChI is InChI=1S/C14H13ClFNO/c1-9-12(17)6-3-7-13(9)18-8-10-4-2-5-11(16)14(10)15/h2-7H,8,17H2,1H3. The molecule has 0 amide bonds. The Bertz CT molecular complexity index is 520. The van der Waals surface area contributed by atoms with E-state index in [1.54, 1.807) is 18.2 Å². The van der Waals surface area contributed by atoms with E-state index < -0.39 is 5.82 Å². The van der Waals surface area contributed by atoms with Gasteiger partial charge in [-0.3, -0.25) is 0 Å². The van der Waals surface area contributed by atoms with Gasteiger partial charge in [-0.25, -0.2) is 4.39 Å². The molecule has 0 spiro atoms. The molecule has 0 bridgehead atoms. The number of anilines is 1. The molecule has 0 aliphatic rings. The molecule has 2 N–H and O–H groups in total. The number of ether oxygens (including phenoxy) is 1. The molecule has 0 unspecified atom stereocenters. The Labute approximate surface area is 110 Å². The van der Waals surface area contributed by atoms with Gasteiger partial charge in [-0.1, -0.05) is 29.8 Å². The van der Waals surface area contributed by atoms with Gasteiger partial charge in [0.25, 0.3) is 0 Å². The maximum atomic E-state index is 13.2. The summed E-state index contributed by atoms with van der Waals surface area (Å²) >= 11 is 5.85. The van der Waals surface area contributed by atoms with Crippen LogP contribution in [0.1, 0.15) is 11.1 Å². The molecule has 0 aromatic heterocycles. The molecule has 4 heteroatoms. The number of hydrogen-bond donors (Lipinski definition) is 1. The van der Waals surface area contributed by atoms with E-state index in [9.17, 15) is 4.39 Å². The minimum Gasteiger partial charge on any atom is -0.488 e. The van der Waals surface area contributed by atoms with Crippen molar-refractivity contribution in [2.75, 3.05) is 5.73 Å². The average Bonchev–Trinajstić information content (AvgIpc) is 2.36. The molecule has 0 fully saturated rings. The van der Waals surface area contributed by atoms with Gasteiger partial charge in [0.15, 0.2) is 0 Å². The van der Waals surface area contributed by atoms with Crippen LogP contribution in [0.15, 0.2) is 36.4 Å². The maximum Gasteiger partial charge on any atom is 0.142 e. The van der Waals surface area contributed by atoms with Crippen LogP contribution in [0.4, 0.5) is 10.1 Å². The first kappa shape index (κ1) is 12.7. The zero-order chi connectivity index (χ0) is 13.1. The number of benzene rings is 2. The normalized spacial score (nSPS) is 10.4. The fourth-order valence-corrected chi connectivity index (χ4v) is 1.78. The summed E-state index contributed by atoms with van der Waals surface area (Å²) in [6.07, 6.45) is 0. The molecule has 0 atom stereocenters. The monoisotopic (exact) mass is 265 g/mol. The SMILES string of the molecule is Cc1c(N)cccc1OCc1cccc(F)c1Cl. The Kier molecular flexibility index (Phi) is 3.72. The topological polar surface area (TPSA) is 35.2 Å². The molecular formula is C14H13ClFNO. The average molecular weight is 266 g/mol. The molecule has 0 radical (unpaired) electrons. The molecule has 0 saturated carbocycles. The lowest BCUT2D eigenvalue weighted by Gasteiger charge is -2.11. The zero-order valence-electron chi connectivity index (χ0n) is 9.91. The molecule has 18 heavy (non-hydrogen) atoms. The number of hydrogen-bond acceptors (Lipinski definition) is 2. The highest BCUT2D eigenvalue weighted by Crippen LogP contribution is 2.26. The van der Waals surface area contributed by atoms with Crippen molar-refractivity contribution in [1.82, 2.24) is 0 Å². The van der Waals surface area contributed by atoms with Gasteiger partial charge in [0.05, 0.1) is 5.02 Å². The summed E-state index contributed by atoms with van der Waals surface area (Å²) in [7, 11) is 0. The molecule has 2 nitrogen and oxygen atoms in total. The van der Waals surface area contributed by atoms with Gasteiger partial charge in [0.2, 0.25) is 0 Å². The Morgan fingerprint density at radius 2 is 1.94 bits per heavy atom. The van der Waals surface area contributed by atoms with Crippen molar-refractivity contribution in [2.45, 2.75) is 13.5 Å². The van der Waals surface area contributed by atoms with E-state index in [1.165, 1.54) is 6.07 Å². The van der Waals surface area contributed by atoms with Gasteiger partial charge in [0, 0.05) is 16.8 Å². The van der Waals surface area contributed by atoms with Crippen molar-refractivity contribution in [3.05, 3.63) is 58.4 Å². The molecule has 0 aliphatic carbocycles. The largest absolute Gasteiger partial charge is 0.488 e. The Morgan fingerprint density at radius 3 is 2.72 bits per heavy atom. The third-order valence-electron chi connectivity index (χ3n) is 2.74. The predicted octanol–water partition coefficient (Wildman–Crippen LogP) is 3.95. The second-order valence-corrected chi connectivity index (χ2v) is 4.35. The fourth-order valence-electron chi connectivity index (χ4n) is 1.60. The van der Waals surface area contributed by atoms with Crippen molar-refractivity contribution < 1.29 is 9.13 Å². The third kappa shape index (κ3) is 2.57. The quantitative estimate of drug-likeness (QED) is 0.853. The van der Waals surface area contributed by atoms with E-state index in [0.717, 1.165) is 5.56 Å². The van der Waals surface area contributed by atoms with Crippen LogP contribution in [0.5, 0.6) is 5.75 Å². The minimum absolute atomic E-state index is 0.0963. The summed E-state index contributed by atoms with van der Waals surface area (Å²) in [6.45, 7) is 2.08. The lowest BCUT2D eigenvalue weighted by atomic mass is 10.2. The summed E-state index contributed by atoms with van der Waals surface area (Å²) in [5.74, 6) is 0.234. The van der Waals surface area contributed by atoms with Crippen LogP contribution in [0.25, 0.3) is 0 Å². The first-order valence-corrected chi connectivity index (χ1v) is 5.88. The lowest BCUT2D eigenvalue weighted by molar-refractivity contribution is 0.304. The predicted molar refractivity (Wildman–Crippen MR) is 71.3 cm³/mol. The van der Waals surface area contributed by atoms with Gasteiger partial charge < -0.3 is 10.5 Å². The summed E-state index contributed by atoms with van der Waals surface area (Å²) in [5, 5.41) is 0.0963. The molecular weight excluding hydrogens is 253 g/mol. The molecule has 94 valence electrons. The number of nitrogen functional groups attached to an aromatic ring is 1. The van der Waals surface area contributed by atoms with Crippen molar-refractivity contribution >= 4 is 17.3 Å². The van der Waals surface area contributed by atoms with Crippen LogP contribution < -0.4 is 10.5 Å². The molecule has 2 aromatic rings. The van der Waals surface area contributed by atoms with Crippen LogP contribution in [-0.4, -0.2) is 0 Å². The summed E-state index contributed by atoms with van der Waals surface area (Å²) in [4.78, 5) is 0. The van der Waals surface area contributed by atoms with Crippen LogP contribution in [0.2, 0.25) is 5.02 Å². The summed E-state index contributed by atoms with van der Waals surface area (Å²) in [6, 6.07) is 10.1. The van der Waals surface area contributed by atoms with E-state index in [2.05, 4.69) is 0 Å². The Hall–Kier alpha value is -1.74. The Balaban J connectivity index is 2.17. The lowest BCUT2D eigenvalue weighted by Crippen LogP contribution is -2.00. The van der Waals surface area contributed by atoms with E-state index in [-0.39, 0.29) is 11.6 Å². The number of rotatable bonds is 3. The Morgan fingerprint density at radius 1 is 1.22 bits per heavy atom. The first-order valence-electron chi connectivity index (χ1n) is 5.50. The highest BCUT2D eigenvalue weighted by Gasteiger charge is 2.07. The van der Waals surface area contributed by atoms with Crippen LogP contribution in [0.3, 0.4) is 0 Å². The fraction of sp³-hybridized carbons (Fsp3) is 0.143. The van der Waals surface area contributed by atoms with Gasteiger partial charge >= 0.3 is 0 Å². The zero-order valence-corrected chi connectivity index (χ0v) is 10.7.